The largest absolute Gasteiger partial charge is 0.462 e. The number of allylic oxidation sites excluding steroid dienone is 14. The van der Waals surface area contributed by atoms with Crippen LogP contribution in [0.25, 0.3) is 0 Å². The monoisotopic (exact) mass is 1000 g/mol. The third-order valence-electron chi connectivity index (χ3n) is 13.1. The molecule has 414 valence electrons. The second-order valence-corrected chi connectivity index (χ2v) is 20.2. The van der Waals surface area contributed by atoms with Crippen LogP contribution in [0, 0.1) is 0 Å². The van der Waals surface area contributed by atoms with Crippen LogP contribution in [0.5, 0.6) is 0 Å². The van der Waals surface area contributed by atoms with E-state index in [4.69, 9.17) is 14.2 Å². The third kappa shape index (κ3) is 57.5. The van der Waals surface area contributed by atoms with Gasteiger partial charge in [0.1, 0.15) is 13.2 Å². The van der Waals surface area contributed by atoms with Crippen molar-refractivity contribution in [3.05, 3.63) is 85.1 Å². The van der Waals surface area contributed by atoms with E-state index in [1.54, 1.807) is 0 Å². The highest BCUT2D eigenvalue weighted by Gasteiger charge is 2.19. The van der Waals surface area contributed by atoms with E-state index < -0.39 is 6.10 Å². The maximum atomic E-state index is 12.9. The maximum absolute atomic E-state index is 12.9. The number of hydrogen-bond donors (Lipinski definition) is 0. The van der Waals surface area contributed by atoms with Crippen molar-refractivity contribution in [2.45, 2.75) is 303 Å². The summed E-state index contributed by atoms with van der Waals surface area (Å²) in [6.07, 6.45) is 78.6. The maximum Gasteiger partial charge on any atom is 0.306 e. The van der Waals surface area contributed by atoms with Gasteiger partial charge >= 0.3 is 17.9 Å². The molecule has 0 aromatic rings. The summed E-state index contributed by atoms with van der Waals surface area (Å²) in [4.78, 5) is 38.2. The average molecular weight is 1000 g/mol. The van der Waals surface area contributed by atoms with Crippen LogP contribution in [0.1, 0.15) is 297 Å². The van der Waals surface area contributed by atoms with Gasteiger partial charge in [0.25, 0.3) is 0 Å². The smallest absolute Gasteiger partial charge is 0.306 e. The molecule has 0 radical (unpaired) electrons. The Kier molecular flexibility index (Phi) is 57.3. The lowest BCUT2D eigenvalue weighted by atomic mass is 10.1. The highest BCUT2D eigenvalue weighted by Crippen LogP contribution is 2.15. The standard InChI is InChI=1S/C66H114O6/c1-4-7-10-13-16-19-22-25-28-30-31-32-33-34-35-36-39-41-44-47-50-53-56-59-65(68)71-62-63(61-70-64(67)58-55-52-49-46-43-40-37-27-24-21-18-15-12-9-6-3)72-66(69)60-57-54-51-48-45-42-38-29-26-23-20-17-14-11-8-5-2/h9,12,18,21-22,25,27,29-31,33-34,37-38,63H,4-8,10-11,13-17,19-20,23-24,26,28,32,35-36,39-62H2,1-3H3/b12-9-,21-18-,25-22-,31-30-,34-33-,37-27-,38-29-. The number of esters is 3. The van der Waals surface area contributed by atoms with Crippen molar-refractivity contribution in [3.8, 4) is 0 Å². The first-order valence-corrected chi connectivity index (χ1v) is 30.6. The van der Waals surface area contributed by atoms with Gasteiger partial charge in [0.15, 0.2) is 6.10 Å². The number of unbranched alkanes of at least 4 members (excludes halogenated alkanes) is 30. The van der Waals surface area contributed by atoms with Crippen molar-refractivity contribution in [2.24, 2.45) is 0 Å². The van der Waals surface area contributed by atoms with Gasteiger partial charge in [-0.1, -0.05) is 247 Å². The van der Waals surface area contributed by atoms with Crippen LogP contribution in [0.4, 0.5) is 0 Å². The normalized spacial score (nSPS) is 12.7. The van der Waals surface area contributed by atoms with Crippen LogP contribution in [0.15, 0.2) is 85.1 Å². The van der Waals surface area contributed by atoms with E-state index in [1.807, 2.05) is 0 Å². The van der Waals surface area contributed by atoms with Crippen LogP contribution in [0.2, 0.25) is 0 Å². The van der Waals surface area contributed by atoms with Gasteiger partial charge in [-0.2, -0.15) is 0 Å². The topological polar surface area (TPSA) is 78.9 Å². The van der Waals surface area contributed by atoms with E-state index in [1.165, 1.54) is 128 Å². The Morgan fingerprint density at radius 1 is 0.292 bits per heavy atom. The number of carbonyl (C=O) groups excluding carboxylic acids is 3. The Morgan fingerprint density at radius 3 is 0.861 bits per heavy atom. The number of hydrogen-bond acceptors (Lipinski definition) is 6. The predicted molar refractivity (Wildman–Crippen MR) is 311 cm³/mol. The molecule has 0 amide bonds. The number of ether oxygens (including phenoxy) is 3. The fourth-order valence-electron chi connectivity index (χ4n) is 8.52. The molecular formula is C66H114O6. The first-order chi connectivity index (χ1) is 35.5. The molecule has 1 unspecified atom stereocenters. The molecule has 0 aliphatic heterocycles. The predicted octanol–water partition coefficient (Wildman–Crippen LogP) is 20.7. The molecule has 0 aromatic heterocycles. The van der Waals surface area contributed by atoms with Gasteiger partial charge in [0, 0.05) is 19.3 Å². The van der Waals surface area contributed by atoms with Gasteiger partial charge in [-0.3, -0.25) is 14.4 Å². The number of rotatable bonds is 55. The Bertz CT molecular complexity index is 1380. The molecule has 0 spiro atoms. The summed E-state index contributed by atoms with van der Waals surface area (Å²) < 4.78 is 16.9. The Hall–Kier alpha value is -3.41. The van der Waals surface area contributed by atoms with Crippen LogP contribution < -0.4 is 0 Å². The Morgan fingerprint density at radius 2 is 0.542 bits per heavy atom. The quantitative estimate of drug-likeness (QED) is 0.0261. The van der Waals surface area contributed by atoms with Crippen LogP contribution in [-0.4, -0.2) is 37.2 Å². The van der Waals surface area contributed by atoms with E-state index in [2.05, 4.69) is 106 Å². The first-order valence-electron chi connectivity index (χ1n) is 30.6. The molecule has 0 saturated carbocycles. The van der Waals surface area contributed by atoms with Crippen molar-refractivity contribution in [1.82, 2.24) is 0 Å². The van der Waals surface area contributed by atoms with Crippen molar-refractivity contribution >= 4 is 17.9 Å². The third-order valence-corrected chi connectivity index (χ3v) is 13.1. The minimum absolute atomic E-state index is 0.0891. The second-order valence-electron chi connectivity index (χ2n) is 20.2. The minimum Gasteiger partial charge on any atom is -0.462 e. The molecule has 0 N–H and O–H groups in total. The van der Waals surface area contributed by atoms with Gasteiger partial charge in [-0.25, -0.2) is 0 Å². The molecule has 0 fully saturated rings. The molecule has 1 atom stereocenters. The van der Waals surface area contributed by atoms with Crippen molar-refractivity contribution < 1.29 is 28.6 Å². The Labute approximate surface area is 445 Å². The highest BCUT2D eigenvalue weighted by atomic mass is 16.6. The van der Waals surface area contributed by atoms with Gasteiger partial charge < -0.3 is 14.2 Å². The van der Waals surface area contributed by atoms with Crippen molar-refractivity contribution in [3.63, 3.8) is 0 Å². The van der Waals surface area contributed by atoms with Crippen LogP contribution >= 0.6 is 0 Å². The molecule has 0 heterocycles. The summed E-state index contributed by atoms with van der Waals surface area (Å²) in [5.41, 5.74) is 0. The molecule has 0 aromatic carbocycles. The van der Waals surface area contributed by atoms with Gasteiger partial charge in [0.05, 0.1) is 0 Å². The fraction of sp³-hybridized carbons (Fsp3) is 0.742. The highest BCUT2D eigenvalue weighted by molar-refractivity contribution is 5.71. The number of carbonyl (C=O) groups is 3. The molecule has 0 rings (SSSR count). The van der Waals surface area contributed by atoms with Crippen molar-refractivity contribution in [1.29, 1.82) is 0 Å². The van der Waals surface area contributed by atoms with E-state index >= 15 is 0 Å². The zero-order valence-electron chi connectivity index (χ0n) is 47.4. The molecule has 0 saturated heterocycles. The van der Waals surface area contributed by atoms with E-state index in [9.17, 15) is 14.4 Å². The Balaban J connectivity index is 4.39. The molecule has 6 heteroatoms. The molecular weight excluding hydrogens is 889 g/mol. The summed E-state index contributed by atoms with van der Waals surface area (Å²) in [7, 11) is 0. The zero-order chi connectivity index (χ0) is 52.2. The molecule has 0 aliphatic carbocycles. The summed E-state index contributed by atoms with van der Waals surface area (Å²) in [5.74, 6) is -0.913. The summed E-state index contributed by atoms with van der Waals surface area (Å²) in [6.45, 7) is 6.51. The van der Waals surface area contributed by atoms with Crippen LogP contribution in [0.3, 0.4) is 0 Å². The zero-order valence-corrected chi connectivity index (χ0v) is 47.4. The first kappa shape index (κ1) is 68.6. The molecule has 0 bridgehead atoms. The van der Waals surface area contributed by atoms with Gasteiger partial charge in [0.2, 0.25) is 0 Å². The SMILES string of the molecule is CC/C=C\C/C=C\C/C=C\CCCCCCCC(=O)OCC(COC(=O)CCCCCCCCCC/C=C\C/C=C\C/C=C\CCCCCCC)OC(=O)CCCCCCC/C=C\CCCCCCCCC. The molecule has 0 aliphatic rings. The average Bonchev–Trinajstić information content (AvgIpc) is 3.38. The molecule has 72 heavy (non-hydrogen) atoms. The summed E-state index contributed by atoms with van der Waals surface area (Å²) >= 11 is 0. The lowest BCUT2D eigenvalue weighted by molar-refractivity contribution is -0.167. The summed E-state index contributed by atoms with van der Waals surface area (Å²) in [5, 5.41) is 0. The van der Waals surface area contributed by atoms with Crippen molar-refractivity contribution in [2.75, 3.05) is 13.2 Å². The lowest BCUT2D eigenvalue weighted by Crippen LogP contribution is -2.30. The van der Waals surface area contributed by atoms with Crippen LogP contribution in [-0.2, 0) is 28.6 Å². The molecule has 6 nitrogen and oxygen atoms in total. The van der Waals surface area contributed by atoms with Gasteiger partial charge in [-0.15, -0.1) is 0 Å². The fourth-order valence-corrected chi connectivity index (χ4v) is 8.52. The second kappa shape index (κ2) is 60.1. The van der Waals surface area contributed by atoms with E-state index in [0.29, 0.717) is 19.3 Å². The summed E-state index contributed by atoms with van der Waals surface area (Å²) in [6, 6.07) is 0. The van der Waals surface area contributed by atoms with E-state index in [0.717, 1.165) is 128 Å². The van der Waals surface area contributed by atoms with E-state index in [-0.39, 0.29) is 31.1 Å². The minimum atomic E-state index is -0.793. The lowest BCUT2D eigenvalue weighted by Gasteiger charge is -2.18. The van der Waals surface area contributed by atoms with Gasteiger partial charge in [-0.05, 0) is 116 Å².